The van der Waals surface area contributed by atoms with Gasteiger partial charge in [-0.05, 0) is 37.8 Å². The Kier molecular flexibility index (Phi) is 3.86. The molecule has 1 unspecified atom stereocenters. The quantitative estimate of drug-likeness (QED) is 0.850. The van der Waals surface area contributed by atoms with Crippen LogP contribution < -0.4 is 5.73 Å². The van der Waals surface area contributed by atoms with E-state index in [1.165, 1.54) is 0 Å². The molecule has 1 aliphatic rings. The van der Waals surface area contributed by atoms with Gasteiger partial charge in [0, 0.05) is 18.4 Å². The van der Waals surface area contributed by atoms with Crippen LogP contribution in [-0.4, -0.2) is 31.9 Å². The number of sulfone groups is 1. The van der Waals surface area contributed by atoms with Gasteiger partial charge < -0.3 is 14.9 Å². The van der Waals surface area contributed by atoms with Gasteiger partial charge in [0.2, 0.25) is 9.84 Å². The highest BCUT2D eigenvalue weighted by molar-refractivity contribution is 7.91. The number of anilines is 1. The van der Waals surface area contributed by atoms with Crippen LogP contribution >= 0.6 is 0 Å². The van der Waals surface area contributed by atoms with Gasteiger partial charge in [-0.3, -0.25) is 0 Å². The molecule has 1 saturated heterocycles. The predicted molar refractivity (Wildman–Crippen MR) is 78.7 cm³/mol. The zero-order valence-corrected chi connectivity index (χ0v) is 12.4. The van der Waals surface area contributed by atoms with Crippen molar-refractivity contribution in [1.29, 1.82) is 0 Å². The van der Waals surface area contributed by atoms with Crippen LogP contribution in [-0.2, 0) is 14.6 Å². The lowest BCUT2D eigenvalue weighted by Crippen LogP contribution is -2.11. The van der Waals surface area contributed by atoms with Crippen LogP contribution in [0.1, 0.15) is 25.7 Å². The van der Waals surface area contributed by atoms with Crippen LogP contribution in [0.3, 0.4) is 0 Å². The summed E-state index contributed by atoms with van der Waals surface area (Å²) in [6.07, 6.45) is 3.58. The minimum absolute atomic E-state index is 0.0230. The van der Waals surface area contributed by atoms with Crippen LogP contribution in [0.25, 0.3) is 11.1 Å². The lowest BCUT2D eigenvalue weighted by molar-refractivity contribution is 0.104. The summed E-state index contributed by atoms with van der Waals surface area (Å²) in [7, 11) is -3.50. The number of nitrogen functional groups attached to an aromatic ring is 1. The molecule has 3 rings (SSSR count). The summed E-state index contributed by atoms with van der Waals surface area (Å²) in [6.45, 7) is 0.782. The van der Waals surface area contributed by atoms with E-state index in [4.69, 9.17) is 14.9 Å². The number of rotatable bonds is 5. The van der Waals surface area contributed by atoms with Crippen molar-refractivity contribution in [3.8, 4) is 0 Å². The minimum atomic E-state index is -3.50. The highest BCUT2D eigenvalue weighted by Gasteiger charge is 2.23. The highest BCUT2D eigenvalue weighted by atomic mass is 32.2. The van der Waals surface area contributed by atoms with Gasteiger partial charge in [-0.2, -0.15) is 4.98 Å². The van der Waals surface area contributed by atoms with Crippen LogP contribution in [0.15, 0.2) is 27.8 Å². The number of hydrogen-bond acceptors (Lipinski definition) is 6. The van der Waals surface area contributed by atoms with Gasteiger partial charge in [0.25, 0.3) is 0 Å². The molecule has 0 amide bonds. The average molecular weight is 310 g/mol. The minimum Gasteiger partial charge on any atom is -0.428 e. The maximum absolute atomic E-state index is 12.2. The summed E-state index contributed by atoms with van der Waals surface area (Å²) in [5, 5.41) is -0.226. The summed E-state index contributed by atoms with van der Waals surface area (Å²) in [5.74, 6) is 0.0230. The smallest absolute Gasteiger partial charge is 0.316 e. The second-order valence-corrected chi connectivity index (χ2v) is 7.29. The fraction of sp³-hybridized carbons (Fsp3) is 0.500. The van der Waals surface area contributed by atoms with E-state index >= 15 is 0 Å². The van der Waals surface area contributed by atoms with Gasteiger partial charge >= 0.3 is 5.22 Å². The Morgan fingerprint density at radius 3 is 3.00 bits per heavy atom. The third-order valence-corrected chi connectivity index (χ3v) is 5.15. The second kappa shape index (κ2) is 5.65. The van der Waals surface area contributed by atoms with Crippen molar-refractivity contribution in [2.24, 2.45) is 0 Å². The summed E-state index contributed by atoms with van der Waals surface area (Å²) >= 11 is 0. The Morgan fingerprint density at radius 2 is 2.24 bits per heavy atom. The molecule has 2 aromatic rings. The molecule has 2 N–H and O–H groups in total. The van der Waals surface area contributed by atoms with E-state index in [2.05, 4.69) is 4.98 Å². The molecule has 1 aromatic heterocycles. The maximum atomic E-state index is 12.2. The number of nitrogens with zero attached hydrogens (tertiary/aromatic N) is 1. The monoisotopic (exact) mass is 310 g/mol. The first kappa shape index (κ1) is 14.3. The van der Waals surface area contributed by atoms with E-state index < -0.39 is 9.84 Å². The largest absolute Gasteiger partial charge is 0.428 e. The highest BCUT2D eigenvalue weighted by Crippen LogP contribution is 2.23. The van der Waals surface area contributed by atoms with E-state index in [0.717, 1.165) is 25.9 Å². The molecule has 2 heterocycles. The van der Waals surface area contributed by atoms with Gasteiger partial charge in [-0.25, -0.2) is 8.42 Å². The standard InChI is InChI=1S/C14H18N2O4S/c15-10-5-6-12-13(9-10)20-14(16-12)21(17,18)8-2-4-11-3-1-7-19-11/h5-6,9,11H,1-4,7-8,15H2. The fourth-order valence-electron chi connectivity index (χ4n) is 2.51. The van der Waals surface area contributed by atoms with Crippen molar-refractivity contribution in [2.75, 3.05) is 18.1 Å². The van der Waals surface area contributed by atoms with E-state index in [1.807, 2.05) is 0 Å². The number of hydrogen-bond donors (Lipinski definition) is 1. The Hall–Kier alpha value is -1.60. The normalized spacial score (nSPS) is 19.3. The first-order valence-corrected chi connectivity index (χ1v) is 8.70. The third kappa shape index (κ3) is 3.19. The molecular weight excluding hydrogens is 292 g/mol. The summed E-state index contributed by atoms with van der Waals surface area (Å²) in [5.41, 5.74) is 7.05. The molecule has 6 nitrogen and oxygen atoms in total. The molecule has 114 valence electrons. The molecule has 0 aliphatic carbocycles. The Labute approximate surface area is 123 Å². The molecule has 1 atom stereocenters. The third-order valence-electron chi connectivity index (χ3n) is 3.62. The van der Waals surface area contributed by atoms with Crippen molar-refractivity contribution in [2.45, 2.75) is 37.0 Å². The van der Waals surface area contributed by atoms with Gasteiger partial charge in [0.05, 0.1) is 11.9 Å². The van der Waals surface area contributed by atoms with Crippen molar-refractivity contribution in [3.63, 3.8) is 0 Å². The molecule has 1 aromatic carbocycles. The van der Waals surface area contributed by atoms with E-state index in [0.29, 0.717) is 23.2 Å². The zero-order chi connectivity index (χ0) is 14.9. The van der Waals surface area contributed by atoms with Crippen LogP contribution in [0.2, 0.25) is 0 Å². The molecule has 7 heteroatoms. The number of benzene rings is 1. The van der Waals surface area contributed by atoms with Crippen LogP contribution in [0.4, 0.5) is 5.69 Å². The van der Waals surface area contributed by atoms with Crippen molar-refractivity contribution in [1.82, 2.24) is 4.98 Å². The van der Waals surface area contributed by atoms with E-state index in [1.54, 1.807) is 18.2 Å². The van der Waals surface area contributed by atoms with Gasteiger partial charge in [0.15, 0.2) is 5.58 Å². The molecular formula is C14H18N2O4S. The van der Waals surface area contributed by atoms with Gasteiger partial charge in [0.1, 0.15) is 5.52 Å². The van der Waals surface area contributed by atoms with Crippen molar-refractivity contribution in [3.05, 3.63) is 18.2 Å². The number of oxazole rings is 1. The van der Waals surface area contributed by atoms with Gasteiger partial charge in [-0.1, -0.05) is 0 Å². The number of ether oxygens (including phenoxy) is 1. The Balaban J connectivity index is 1.70. The SMILES string of the molecule is Nc1ccc2nc(S(=O)(=O)CCCC3CCCO3)oc2c1. The fourth-order valence-corrected chi connectivity index (χ4v) is 3.69. The molecule has 1 fully saturated rings. The van der Waals surface area contributed by atoms with E-state index in [-0.39, 0.29) is 17.1 Å². The molecule has 0 saturated carbocycles. The molecule has 21 heavy (non-hydrogen) atoms. The van der Waals surface area contributed by atoms with Crippen molar-refractivity contribution >= 4 is 26.6 Å². The lowest BCUT2D eigenvalue weighted by Gasteiger charge is -2.07. The summed E-state index contributed by atoms with van der Waals surface area (Å²) < 4.78 is 35.3. The number of nitrogens with two attached hydrogens (primary N) is 1. The lowest BCUT2D eigenvalue weighted by atomic mass is 10.1. The second-order valence-electron chi connectivity index (χ2n) is 5.30. The Bertz CT molecular complexity index is 733. The van der Waals surface area contributed by atoms with Gasteiger partial charge in [-0.15, -0.1) is 0 Å². The first-order chi connectivity index (χ1) is 10.0. The van der Waals surface area contributed by atoms with Crippen LogP contribution in [0.5, 0.6) is 0 Å². The molecule has 0 bridgehead atoms. The van der Waals surface area contributed by atoms with E-state index in [9.17, 15) is 8.42 Å². The average Bonchev–Trinajstić information content (AvgIpc) is 3.06. The Morgan fingerprint density at radius 1 is 1.38 bits per heavy atom. The summed E-state index contributed by atoms with van der Waals surface area (Å²) in [6, 6.07) is 4.89. The molecule has 0 spiro atoms. The van der Waals surface area contributed by atoms with Crippen molar-refractivity contribution < 1.29 is 17.6 Å². The molecule has 0 radical (unpaired) electrons. The number of fused-ring (bicyclic) bond motifs is 1. The first-order valence-electron chi connectivity index (χ1n) is 7.05. The topological polar surface area (TPSA) is 95.4 Å². The summed E-state index contributed by atoms with van der Waals surface area (Å²) in [4.78, 5) is 4.03. The number of aromatic nitrogens is 1. The predicted octanol–water partition coefficient (Wildman–Crippen LogP) is 2.14. The molecule has 1 aliphatic heterocycles. The van der Waals surface area contributed by atoms with Crippen LogP contribution in [0, 0.1) is 0 Å². The maximum Gasteiger partial charge on any atom is 0.316 e. The zero-order valence-electron chi connectivity index (χ0n) is 11.6.